The highest BCUT2D eigenvalue weighted by Crippen LogP contribution is 2.23. The number of nitrogen functional groups attached to an aromatic ring is 1. The van der Waals surface area contributed by atoms with Crippen LogP contribution in [0.15, 0.2) is 42.9 Å². The van der Waals surface area contributed by atoms with E-state index in [2.05, 4.69) is 27.2 Å². The number of hydrogen-bond acceptors (Lipinski definition) is 5. The van der Waals surface area contributed by atoms with Gasteiger partial charge < -0.3 is 16.4 Å². The Labute approximate surface area is 140 Å². The van der Waals surface area contributed by atoms with E-state index in [9.17, 15) is 9.59 Å². The van der Waals surface area contributed by atoms with Crippen molar-refractivity contribution in [1.29, 1.82) is 0 Å². The molecule has 124 valence electrons. The minimum absolute atomic E-state index is 0.135. The van der Waals surface area contributed by atoms with Gasteiger partial charge in [0.25, 0.3) is 5.91 Å². The fourth-order valence-electron chi connectivity index (χ4n) is 1.99. The molecule has 0 unspecified atom stereocenters. The van der Waals surface area contributed by atoms with E-state index in [1.807, 2.05) is 6.92 Å². The number of hydrogen-bond donors (Lipinski definition) is 3. The smallest absolute Gasteiger partial charge is 0.259 e. The third-order valence-corrected chi connectivity index (χ3v) is 3.28. The van der Waals surface area contributed by atoms with Crippen molar-refractivity contribution in [3.05, 3.63) is 48.4 Å². The zero-order chi connectivity index (χ0) is 17.7. The number of nitrogens with two attached hydrogens (primary N) is 1. The molecule has 0 saturated heterocycles. The highest BCUT2D eigenvalue weighted by Gasteiger charge is 2.13. The Bertz CT molecular complexity index is 801. The minimum Gasteiger partial charge on any atom is -0.383 e. The van der Waals surface area contributed by atoms with E-state index in [0.29, 0.717) is 23.5 Å². The summed E-state index contributed by atoms with van der Waals surface area (Å²) in [5.41, 5.74) is 8.11. The van der Waals surface area contributed by atoms with Gasteiger partial charge in [-0.25, -0.2) is 9.97 Å². The predicted molar refractivity (Wildman–Crippen MR) is 93.1 cm³/mol. The molecule has 4 N–H and O–H groups in total. The lowest BCUT2D eigenvalue weighted by Gasteiger charge is -2.10. The molecule has 0 saturated carbocycles. The van der Waals surface area contributed by atoms with Crippen LogP contribution in [0, 0.1) is 0 Å². The van der Waals surface area contributed by atoms with E-state index in [4.69, 9.17) is 5.73 Å². The van der Waals surface area contributed by atoms with Gasteiger partial charge in [0, 0.05) is 30.6 Å². The lowest BCUT2D eigenvalue weighted by molar-refractivity contribution is -0.114. The number of carbonyl (C=O) groups is 2. The Morgan fingerprint density at radius 3 is 2.67 bits per heavy atom. The number of allylic oxidation sites excluding steroid dienone is 1. The SMILES string of the molecule is C=C(CC)NC(=O)c1cc(-c2ccnc(NC(C)=O)c2)cnc1N. The number of nitrogens with zero attached hydrogens (tertiary/aromatic N) is 2. The van der Waals surface area contributed by atoms with E-state index in [-0.39, 0.29) is 23.2 Å². The Hall–Kier alpha value is -3.22. The second-order valence-corrected chi connectivity index (χ2v) is 5.18. The maximum absolute atomic E-state index is 12.3. The van der Waals surface area contributed by atoms with Gasteiger partial charge >= 0.3 is 0 Å². The summed E-state index contributed by atoms with van der Waals surface area (Å²) in [6.45, 7) is 7.04. The fourth-order valence-corrected chi connectivity index (χ4v) is 1.99. The first-order valence-corrected chi connectivity index (χ1v) is 7.39. The summed E-state index contributed by atoms with van der Waals surface area (Å²) in [6, 6.07) is 5.10. The van der Waals surface area contributed by atoms with Gasteiger partial charge in [0.1, 0.15) is 11.6 Å². The number of carbonyl (C=O) groups excluding carboxylic acids is 2. The Morgan fingerprint density at radius 1 is 1.25 bits per heavy atom. The lowest BCUT2D eigenvalue weighted by atomic mass is 10.1. The summed E-state index contributed by atoms with van der Waals surface area (Å²) in [5, 5.41) is 5.29. The first-order chi connectivity index (χ1) is 11.4. The van der Waals surface area contributed by atoms with Crippen LogP contribution in [0.5, 0.6) is 0 Å². The van der Waals surface area contributed by atoms with Crippen LogP contribution >= 0.6 is 0 Å². The molecule has 7 nitrogen and oxygen atoms in total. The van der Waals surface area contributed by atoms with Gasteiger partial charge in [-0.3, -0.25) is 9.59 Å². The Balaban J connectivity index is 2.35. The van der Waals surface area contributed by atoms with Crippen molar-refractivity contribution in [3.63, 3.8) is 0 Å². The molecular weight excluding hydrogens is 306 g/mol. The van der Waals surface area contributed by atoms with E-state index < -0.39 is 0 Å². The van der Waals surface area contributed by atoms with Crippen molar-refractivity contribution in [3.8, 4) is 11.1 Å². The zero-order valence-electron chi connectivity index (χ0n) is 13.6. The molecule has 2 amide bonds. The average molecular weight is 325 g/mol. The number of rotatable bonds is 5. The molecule has 7 heteroatoms. The number of amides is 2. The van der Waals surface area contributed by atoms with E-state index in [1.165, 1.54) is 6.92 Å². The second-order valence-electron chi connectivity index (χ2n) is 5.18. The van der Waals surface area contributed by atoms with E-state index >= 15 is 0 Å². The van der Waals surface area contributed by atoms with Crippen LogP contribution in [-0.2, 0) is 4.79 Å². The molecule has 0 aliphatic carbocycles. The topological polar surface area (TPSA) is 110 Å². The molecule has 0 bridgehead atoms. The predicted octanol–water partition coefficient (Wildman–Crippen LogP) is 2.34. The van der Waals surface area contributed by atoms with Crippen LogP contribution in [0.4, 0.5) is 11.6 Å². The van der Waals surface area contributed by atoms with Crippen molar-refractivity contribution in [2.45, 2.75) is 20.3 Å². The molecule has 0 atom stereocenters. The summed E-state index contributed by atoms with van der Waals surface area (Å²) in [5.74, 6) is -0.0171. The number of anilines is 2. The third-order valence-electron chi connectivity index (χ3n) is 3.28. The van der Waals surface area contributed by atoms with Gasteiger partial charge in [-0.2, -0.15) is 0 Å². The molecule has 2 aromatic heterocycles. The molecule has 0 radical (unpaired) electrons. The van der Waals surface area contributed by atoms with E-state index in [1.54, 1.807) is 30.6 Å². The van der Waals surface area contributed by atoms with Crippen molar-refractivity contribution >= 4 is 23.5 Å². The average Bonchev–Trinajstić information content (AvgIpc) is 2.54. The molecule has 0 aliphatic rings. The fraction of sp³-hybridized carbons (Fsp3) is 0.176. The molecule has 0 aliphatic heterocycles. The van der Waals surface area contributed by atoms with Crippen LogP contribution in [0.1, 0.15) is 30.6 Å². The monoisotopic (exact) mass is 325 g/mol. The summed E-state index contributed by atoms with van der Waals surface area (Å²) < 4.78 is 0. The van der Waals surface area contributed by atoms with Crippen LogP contribution in [0.25, 0.3) is 11.1 Å². The molecule has 0 aromatic carbocycles. The summed E-state index contributed by atoms with van der Waals surface area (Å²) >= 11 is 0. The first kappa shape index (κ1) is 17.1. The van der Waals surface area contributed by atoms with Gasteiger partial charge in [0.15, 0.2) is 0 Å². The molecular formula is C17H19N5O2. The van der Waals surface area contributed by atoms with Crippen LogP contribution in [0.3, 0.4) is 0 Å². The van der Waals surface area contributed by atoms with Gasteiger partial charge in [-0.05, 0) is 30.2 Å². The zero-order valence-corrected chi connectivity index (χ0v) is 13.6. The highest BCUT2D eigenvalue weighted by molar-refractivity contribution is 6.00. The quantitative estimate of drug-likeness (QED) is 0.781. The summed E-state index contributed by atoms with van der Waals surface area (Å²) in [6.07, 6.45) is 3.76. The second kappa shape index (κ2) is 7.36. The largest absolute Gasteiger partial charge is 0.383 e. The first-order valence-electron chi connectivity index (χ1n) is 7.39. The Kier molecular flexibility index (Phi) is 5.26. The minimum atomic E-state index is -0.357. The maximum atomic E-state index is 12.3. The van der Waals surface area contributed by atoms with Gasteiger partial charge in [0.2, 0.25) is 5.91 Å². The lowest BCUT2D eigenvalue weighted by Crippen LogP contribution is -2.23. The van der Waals surface area contributed by atoms with Crippen LogP contribution in [-0.4, -0.2) is 21.8 Å². The van der Waals surface area contributed by atoms with Crippen molar-refractivity contribution in [2.75, 3.05) is 11.1 Å². The number of aromatic nitrogens is 2. The summed E-state index contributed by atoms with van der Waals surface area (Å²) in [4.78, 5) is 31.6. The maximum Gasteiger partial charge on any atom is 0.259 e. The van der Waals surface area contributed by atoms with Crippen LogP contribution < -0.4 is 16.4 Å². The number of pyridine rings is 2. The third kappa shape index (κ3) is 4.16. The molecule has 0 spiro atoms. The molecule has 2 aromatic rings. The highest BCUT2D eigenvalue weighted by atomic mass is 16.2. The van der Waals surface area contributed by atoms with Crippen molar-refractivity contribution in [2.24, 2.45) is 0 Å². The van der Waals surface area contributed by atoms with Crippen LogP contribution in [0.2, 0.25) is 0 Å². The molecule has 24 heavy (non-hydrogen) atoms. The molecule has 2 heterocycles. The molecule has 0 fully saturated rings. The Morgan fingerprint density at radius 2 is 2.00 bits per heavy atom. The molecule has 2 rings (SSSR count). The van der Waals surface area contributed by atoms with Crippen molar-refractivity contribution < 1.29 is 9.59 Å². The van der Waals surface area contributed by atoms with Crippen molar-refractivity contribution in [1.82, 2.24) is 15.3 Å². The standard InChI is InChI=1S/C17H19N5O2/c1-4-10(2)21-17(24)14-7-13(9-20-16(14)18)12-5-6-19-15(8-12)22-11(3)23/h5-9H,2,4H2,1,3H3,(H2,18,20)(H,21,24)(H,19,22,23). The van der Waals surface area contributed by atoms with Gasteiger partial charge in [0.05, 0.1) is 5.56 Å². The van der Waals surface area contributed by atoms with Gasteiger partial charge in [-0.15, -0.1) is 0 Å². The van der Waals surface area contributed by atoms with E-state index in [0.717, 1.165) is 5.56 Å². The number of nitrogens with one attached hydrogen (secondary N) is 2. The van der Waals surface area contributed by atoms with Gasteiger partial charge in [-0.1, -0.05) is 13.5 Å². The summed E-state index contributed by atoms with van der Waals surface area (Å²) in [7, 11) is 0. The normalized spacial score (nSPS) is 10.1.